The van der Waals surface area contributed by atoms with Crippen LogP contribution in [0.5, 0.6) is 0 Å². The lowest BCUT2D eigenvalue weighted by molar-refractivity contribution is 1.06. The standard InChI is InChI=1S/C11H12N4S.ClH/c1-2-8-9(10(12)13)16-11(15-8)7-3-5-14-6-4-7;/h3-6H,2H2,1H3,(H3,12,13);1H. The molecule has 2 aromatic heterocycles. The molecule has 0 spiro atoms. The van der Waals surface area contributed by atoms with Gasteiger partial charge in [0.25, 0.3) is 0 Å². The lowest BCUT2D eigenvalue weighted by Gasteiger charge is -1.93. The van der Waals surface area contributed by atoms with Crippen LogP contribution in [0.2, 0.25) is 0 Å². The van der Waals surface area contributed by atoms with E-state index < -0.39 is 0 Å². The Hall–Kier alpha value is -1.46. The van der Waals surface area contributed by atoms with Crippen molar-refractivity contribution in [1.82, 2.24) is 9.97 Å². The summed E-state index contributed by atoms with van der Waals surface area (Å²) in [6.45, 7) is 2.01. The van der Waals surface area contributed by atoms with E-state index in [-0.39, 0.29) is 18.2 Å². The Morgan fingerprint density at radius 3 is 2.53 bits per heavy atom. The highest BCUT2D eigenvalue weighted by atomic mass is 35.5. The number of hydrogen-bond donors (Lipinski definition) is 2. The van der Waals surface area contributed by atoms with E-state index in [1.54, 1.807) is 12.4 Å². The van der Waals surface area contributed by atoms with Crippen molar-refractivity contribution in [1.29, 1.82) is 5.41 Å². The number of halogens is 1. The number of nitrogen functional groups attached to an aromatic ring is 1. The summed E-state index contributed by atoms with van der Waals surface area (Å²) in [5.41, 5.74) is 7.43. The summed E-state index contributed by atoms with van der Waals surface area (Å²) < 4.78 is 0. The number of thiazole rings is 1. The molecule has 0 atom stereocenters. The smallest absolute Gasteiger partial charge is 0.135 e. The molecule has 0 aliphatic heterocycles. The molecule has 0 bridgehead atoms. The molecule has 0 fully saturated rings. The number of hydrogen-bond acceptors (Lipinski definition) is 4. The van der Waals surface area contributed by atoms with Gasteiger partial charge in [0.05, 0.1) is 10.6 Å². The van der Waals surface area contributed by atoms with Crippen molar-refractivity contribution < 1.29 is 0 Å². The third-order valence-corrected chi connectivity index (χ3v) is 3.38. The highest BCUT2D eigenvalue weighted by Gasteiger charge is 2.12. The first kappa shape index (κ1) is 13.6. The van der Waals surface area contributed by atoms with Gasteiger partial charge in [-0.3, -0.25) is 10.4 Å². The molecule has 0 aromatic carbocycles. The van der Waals surface area contributed by atoms with Gasteiger partial charge in [-0.2, -0.15) is 0 Å². The molecule has 0 saturated carbocycles. The number of nitrogens with two attached hydrogens (primary N) is 1. The fourth-order valence-corrected chi connectivity index (χ4v) is 2.44. The van der Waals surface area contributed by atoms with E-state index in [1.807, 2.05) is 19.1 Å². The van der Waals surface area contributed by atoms with Gasteiger partial charge in [0, 0.05) is 18.0 Å². The number of nitrogens with zero attached hydrogens (tertiary/aromatic N) is 2. The Balaban J connectivity index is 0.00000144. The molecule has 2 heterocycles. The summed E-state index contributed by atoms with van der Waals surface area (Å²) in [4.78, 5) is 9.23. The second kappa shape index (κ2) is 5.75. The molecule has 6 heteroatoms. The van der Waals surface area contributed by atoms with E-state index in [9.17, 15) is 0 Å². The predicted octanol–water partition coefficient (Wildman–Crippen LogP) is 2.47. The first-order chi connectivity index (χ1) is 7.72. The van der Waals surface area contributed by atoms with Crippen LogP contribution in [0.3, 0.4) is 0 Å². The maximum Gasteiger partial charge on any atom is 0.135 e. The van der Waals surface area contributed by atoms with Crippen molar-refractivity contribution in [3.05, 3.63) is 35.1 Å². The molecule has 0 saturated heterocycles. The maximum atomic E-state index is 7.49. The highest BCUT2D eigenvalue weighted by molar-refractivity contribution is 7.17. The van der Waals surface area contributed by atoms with Crippen LogP contribution in [-0.4, -0.2) is 15.8 Å². The number of aryl methyl sites for hydroxylation is 1. The normalized spacial score (nSPS) is 9.71. The summed E-state index contributed by atoms with van der Waals surface area (Å²) in [6, 6.07) is 3.81. The second-order valence-electron chi connectivity index (χ2n) is 3.30. The number of nitrogens with one attached hydrogen (secondary N) is 1. The van der Waals surface area contributed by atoms with Crippen LogP contribution >= 0.6 is 23.7 Å². The highest BCUT2D eigenvalue weighted by Crippen LogP contribution is 2.27. The van der Waals surface area contributed by atoms with Crippen molar-refractivity contribution in [2.24, 2.45) is 5.73 Å². The quantitative estimate of drug-likeness (QED) is 0.663. The summed E-state index contributed by atoms with van der Waals surface area (Å²) >= 11 is 1.46. The molecule has 0 radical (unpaired) electrons. The van der Waals surface area contributed by atoms with E-state index in [0.717, 1.165) is 27.6 Å². The van der Waals surface area contributed by atoms with Crippen molar-refractivity contribution in [2.45, 2.75) is 13.3 Å². The lowest BCUT2D eigenvalue weighted by Crippen LogP contribution is -2.11. The molecule has 0 unspecified atom stereocenters. The summed E-state index contributed by atoms with van der Waals surface area (Å²) in [5.74, 6) is 0.0923. The van der Waals surface area contributed by atoms with Gasteiger partial charge < -0.3 is 5.73 Å². The molecule has 17 heavy (non-hydrogen) atoms. The Morgan fingerprint density at radius 1 is 1.41 bits per heavy atom. The fourth-order valence-electron chi connectivity index (χ4n) is 1.42. The zero-order valence-electron chi connectivity index (χ0n) is 9.30. The summed E-state index contributed by atoms with van der Waals surface area (Å²) in [6.07, 6.45) is 4.25. The zero-order valence-corrected chi connectivity index (χ0v) is 10.9. The van der Waals surface area contributed by atoms with Gasteiger partial charge in [-0.15, -0.1) is 23.7 Å². The topological polar surface area (TPSA) is 75.7 Å². The lowest BCUT2D eigenvalue weighted by atomic mass is 10.2. The third-order valence-electron chi connectivity index (χ3n) is 2.20. The first-order valence-corrected chi connectivity index (χ1v) is 5.78. The van der Waals surface area contributed by atoms with E-state index in [1.165, 1.54) is 11.3 Å². The molecule has 3 N–H and O–H groups in total. The summed E-state index contributed by atoms with van der Waals surface area (Å²) in [5, 5.41) is 8.38. The molecule has 0 aliphatic carbocycles. The average Bonchev–Trinajstić information content (AvgIpc) is 2.74. The summed E-state index contributed by atoms with van der Waals surface area (Å²) in [7, 11) is 0. The van der Waals surface area contributed by atoms with Gasteiger partial charge in [-0.05, 0) is 18.6 Å². The largest absolute Gasteiger partial charge is 0.383 e. The van der Waals surface area contributed by atoms with Crippen LogP contribution in [0.25, 0.3) is 10.6 Å². The van der Waals surface area contributed by atoms with Crippen LogP contribution in [0.15, 0.2) is 24.5 Å². The monoisotopic (exact) mass is 268 g/mol. The Kier molecular flexibility index (Phi) is 4.60. The van der Waals surface area contributed by atoms with Crippen molar-refractivity contribution >= 4 is 29.6 Å². The Morgan fingerprint density at radius 2 is 2.06 bits per heavy atom. The van der Waals surface area contributed by atoms with Crippen molar-refractivity contribution in [3.8, 4) is 10.6 Å². The minimum atomic E-state index is 0. The Labute approximate surface area is 110 Å². The third kappa shape index (κ3) is 2.81. The van der Waals surface area contributed by atoms with Gasteiger partial charge in [-0.25, -0.2) is 4.98 Å². The van der Waals surface area contributed by atoms with Gasteiger partial charge in [0.1, 0.15) is 10.8 Å². The molecule has 2 rings (SSSR count). The minimum absolute atomic E-state index is 0. The SMILES string of the molecule is CCc1nc(-c2ccncc2)sc1C(=N)N.Cl. The number of rotatable bonds is 3. The van der Waals surface area contributed by atoms with Crippen LogP contribution in [0.1, 0.15) is 17.5 Å². The average molecular weight is 269 g/mol. The molecular weight excluding hydrogens is 256 g/mol. The molecule has 4 nitrogen and oxygen atoms in total. The van der Waals surface area contributed by atoms with Crippen molar-refractivity contribution in [3.63, 3.8) is 0 Å². The van der Waals surface area contributed by atoms with Gasteiger partial charge in [0.15, 0.2) is 0 Å². The first-order valence-electron chi connectivity index (χ1n) is 4.97. The van der Waals surface area contributed by atoms with Crippen LogP contribution < -0.4 is 5.73 Å². The minimum Gasteiger partial charge on any atom is -0.383 e. The number of pyridine rings is 1. The van der Waals surface area contributed by atoms with Crippen LogP contribution in [-0.2, 0) is 6.42 Å². The zero-order chi connectivity index (χ0) is 11.5. The van der Waals surface area contributed by atoms with Crippen molar-refractivity contribution in [2.75, 3.05) is 0 Å². The molecule has 90 valence electrons. The number of amidine groups is 1. The molecular formula is C11H13ClN4S. The molecule has 0 aliphatic rings. The van der Waals surface area contributed by atoms with E-state index >= 15 is 0 Å². The molecule has 0 amide bonds. The predicted molar refractivity (Wildman–Crippen MR) is 73.0 cm³/mol. The van der Waals surface area contributed by atoms with Crippen LogP contribution in [0, 0.1) is 5.41 Å². The number of aromatic nitrogens is 2. The Bertz CT molecular complexity index is 509. The van der Waals surface area contributed by atoms with E-state index in [0.29, 0.717) is 0 Å². The van der Waals surface area contributed by atoms with Gasteiger partial charge in [-0.1, -0.05) is 6.92 Å². The maximum absolute atomic E-state index is 7.49. The second-order valence-corrected chi connectivity index (χ2v) is 4.30. The van der Waals surface area contributed by atoms with E-state index in [2.05, 4.69) is 9.97 Å². The van der Waals surface area contributed by atoms with Gasteiger partial charge >= 0.3 is 0 Å². The van der Waals surface area contributed by atoms with Gasteiger partial charge in [0.2, 0.25) is 0 Å². The molecule has 2 aromatic rings. The van der Waals surface area contributed by atoms with E-state index in [4.69, 9.17) is 11.1 Å². The van der Waals surface area contributed by atoms with Crippen LogP contribution in [0.4, 0.5) is 0 Å². The fraction of sp³-hybridized carbons (Fsp3) is 0.182.